The van der Waals surface area contributed by atoms with E-state index in [1.165, 1.54) is 4.68 Å². The SMILES string of the molecule is COc1cc2cnn(C)c(=O)c2cc1Br. The molecule has 2 rings (SSSR count). The highest BCUT2D eigenvalue weighted by Crippen LogP contribution is 2.28. The minimum Gasteiger partial charge on any atom is -0.496 e. The van der Waals surface area contributed by atoms with Crippen molar-refractivity contribution in [3.63, 3.8) is 0 Å². The molecule has 0 unspecified atom stereocenters. The quantitative estimate of drug-likeness (QED) is 0.791. The van der Waals surface area contributed by atoms with E-state index in [0.717, 1.165) is 9.86 Å². The Balaban J connectivity index is 2.88. The van der Waals surface area contributed by atoms with E-state index < -0.39 is 0 Å². The van der Waals surface area contributed by atoms with Crippen molar-refractivity contribution in [2.45, 2.75) is 0 Å². The highest BCUT2D eigenvalue weighted by atomic mass is 79.9. The molecule has 0 fully saturated rings. The Morgan fingerprint density at radius 2 is 2.20 bits per heavy atom. The first-order chi connectivity index (χ1) is 7.13. The van der Waals surface area contributed by atoms with Crippen LogP contribution in [0.25, 0.3) is 10.8 Å². The molecule has 0 atom stereocenters. The Labute approximate surface area is 94.6 Å². The van der Waals surface area contributed by atoms with Crippen molar-refractivity contribution in [3.8, 4) is 5.75 Å². The van der Waals surface area contributed by atoms with Gasteiger partial charge in [0.2, 0.25) is 0 Å². The molecule has 0 saturated carbocycles. The van der Waals surface area contributed by atoms with Gasteiger partial charge < -0.3 is 4.74 Å². The van der Waals surface area contributed by atoms with E-state index in [1.807, 2.05) is 0 Å². The maximum absolute atomic E-state index is 11.7. The van der Waals surface area contributed by atoms with Gasteiger partial charge in [-0.05, 0) is 28.1 Å². The number of nitrogens with zero attached hydrogens (tertiary/aromatic N) is 2. The first kappa shape index (κ1) is 10.2. The summed E-state index contributed by atoms with van der Waals surface area (Å²) < 4.78 is 7.21. The molecular weight excluding hydrogens is 260 g/mol. The molecule has 15 heavy (non-hydrogen) atoms. The molecule has 0 radical (unpaired) electrons. The minimum absolute atomic E-state index is 0.115. The topological polar surface area (TPSA) is 44.1 Å². The van der Waals surface area contributed by atoms with Crippen LogP contribution in [-0.2, 0) is 7.05 Å². The average Bonchev–Trinajstić information content (AvgIpc) is 2.24. The average molecular weight is 269 g/mol. The lowest BCUT2D eigenvalue weighted by Gasteiger charge is -2.05. The zero-order valence-corrected chi connectivity index (χ0v) is 9.91. The highest BCUT2D eigenvalue weighted by molar-refractivity contribution is 9.10. The predicted molar refractivity (Wildman–Crippen MR) is 61.2 cm³/mol. The van der Waals surface area contributed by atoms with Crippen LogP contribution < -0.4 is 10.3 Å². The molecule has 4 nitrogen and oxygen atoms in total. The van der Waals surface area contributed by atoms with Gasteiger partial charge in [0.05, 0.1) is 23.2 Å². The van der Waals surface area contributed by atoms with Crippen molar-refractivity contribution < 1.29 is 4.74 Å². The monoisotopic (exact) mass is 268 g/mol. The number of methoxy groups -OCH3 is 1. The van der Waals surface area contributed by atoms with Gasteiger partial charge in [0, 0.05) is 12.4 Å². The third kappa shape index (κ3) is 1.63. The van der Waals surface area contributed by atoms with Gasteiger partial charge in [-0.3, -0.25) is 4.79 Å². The van der Waals surface area contributed by atoms with Crippen LogP contribution >= 0.6 is 15.9 Å². The molecule has 1 aromatic carbocycles. The molecule has 0 aliphatic heterocycles. The molecule has 0 bridgehead atoms. The first-order valence-electron chi connectivity index (χ1n) is 4.33. The van der Waals surface area contributed by atoms with Crippen molar-refractivity contribution in [3.05, 3.63) is 33.2 Å². The van der Waals surface area contributed by atoms with Crippen molar-refractivity contribution in [2.75, 3.05) is 7.11 Å². The summed E-state index contributed by atoms with van der Waals surface area (Å²) in [6, 6.07) is 3.53. The standard InChI is InChI=1S/C10H9BrN2O2/c1-13-10(14)7-4-8(11)9(15-2)3-6(7)5-12-13/h3-5H,1-2H3. The summed E-state index contributed by atoms with van der Waals surface area (Å²) in [5, 5.41) is 5.35. The Bertz CT molecular complexity index is 577. The number of hydrogen-bond donors (Lipinski definition) is 0. The lowest BCUT2D eigenvalue weighted by molar-refractivity contribution is 0.413. The summed E-state index contributed by atoms with van der Waals surface area (Å²) >= 11 is 3.34. The van der Waals surface area contributed by atoms with Crippen LogP contribution in [0.2, 0.25) is 0 Å². The molecule has 5 heteroatoms. The lowest BCUT2D eigenvalue weighted by atomic mass is 10.2. The molecule has 0 aliphatic rings. The highest BCUT2D eigenvalue weighted by Gasteiger charge is 2.06. The number of ether oxygens (including phenoxy) is 1. The van der Waals surface area contributed by atoms with Gasteiger partial charge >= 0.3 is 0 Å². The summed E-state index contributed by atoms with van der Waals surface area (Å²) in [5.74, 6) is 0.692. The fourth-order valence-electron chi connectivity index (χ4n) is 1.39. The van der Waals surface area contributed by atoms with Gasteiger partial charge in [0.25, 0.3) is 5.56 Å². The number of hydrogen-bond acceptors (Lipinski definition) is 3. The Hall–Kier alpha value is -1.36. The van der Waals surface area contributed by atoms with E-state index >= 15 is 0 Å². The number of rotatable bonds is 1. The second-order valence-corrected chi connectivity index (χ2v) is 4.00. The van der Waals surface area contributed by atoms with Crippen LogP contribution in [0.3, 0.4) is 0 Å². The van der Waals surface area contributed by atoms with E-state index in [1.54, 1.807) is 32.5 Å². The summed E-state index contributed by atoms with van der Waals surface area (Å²) in [4.78, 5) is 11.7. The van der Waals surface area contributed by atoms with Crippen LogP contribution in [0.5, 0.6) is 5.75 Å². The van der Waals surface area contributed by atoms with Gasteiger partial charge in [-0.2, -0.15) is 5.10 Å². The molecule has 78 valence electrons. The van der Waals surface area contributed by atoms with Gasteiger partial charge in [0.1, 0.15) is 5.75 Å². The Morgan fingerprint density at radius 3 is 2.87 bits per heavy atom. The molecule has 2 aromatic rings. The van der Waals surface area contributed by atoms with Crippen LogP contribution in [0.1, 0.15) is 0 Å². The maximum Gasteiger partial charge on any atom is 0.274 e. The zero-order chi connectivity index (χ0) is 11.0. The Kier molecular flexibility index (Phi) is 2.48. The summed E-state index contributed by atoms with van der Waals surface area (Å²) in [6.07, 6.45) is 1.64. The predicted octanol–water partition coefficient (Wildman–Crippen LogP) is 1.70. The third-order valence-electron chi connectivity index (χ3n) is 2.22. The second kappa shape index (κ2) is 3.66. The Morgan fingerprint density at radius 1 is 1.47 bits per heavy atom. The van der Waals surface area contributed by atoms with Crippen molar-refractivity contribution in [1.29, 1.82) is 0 Å². The zero-order valence-electron chi connectivity index (χ0n) is 8.32. The first-order valence-corrected chi connectivity index (χ1v) is 5.12. The van der Waals surface area contributed by atoms with E-state index in [2.05, 4.69) is 21.0 Å². The molecule has 1 aromatic heterocycles. The van der Waals surface area contributed by atoms with Crippen LogP contribution in [-0.4, -0.2) is 16.9 Å². The fourth-order valence-corrected chi connectivity index (χ4v) is 1.90. The van der Waals surface area contributed by atoms with E-state index in [0.29, 0.717) is 11.1 Å². The number of benzene rings is 1. The number of aryl methyl sites for hydroxylation is 1. The van der Waals surface area contributed by atoms with Gasteiger partial charge in [-0.15, -0.1) is 0 Å². The second-order valence-electron chi connectivity index (χ2n) is 3.15. The van der Waals surface area contributed by atoms with Gasteiger partial charge in [0.15, 0.2) is 0 Å². The summed E-state index contributed by atoms with van der Waals surface area (Å²) in [7, 11) is 3.21. The largest absolute Gasteiger partial charge is 0.496 e. The summed E-state index contributed by atoms with van der Waals surface area (Å²) in [5.41, 5.74) is -0.115. The fraction of sp³-hybridized carbons (Fsp3) is 0.200. The van der Waals surface area contributed by atoms with Crippen LogP contribution in [0.4, 0.5) is 0 Å². The van der Waals surface area contributed by atoms with Crippen LogP contribution in [0, 0.1) is 0 Å². The number of halogens is 1. The molecule has 0 aliphatic carbocycles. The summed E-state index contributed by atoms with van der Waals surface area (Å²) in [6.45, 7) is 0. The third-order valence-corrected chi connectivity index (χ3v) is 2.84. The molecular formula is C10H9BrN2O2. The maximum atomic E-state index is 11.7. The van der Waals surface area contributed by atoms with Crippen LogP contribution in [0.15, 0.2) is 27.6 Å². The molecule has 1 heterocycles. The number of fused-ring (bicyclic) bond motifs is 1. The van der Waals surface area contributed by atoms with E-state index in [-0.39, 0.29) is 5.56 Å². The molecule has 0 N–H and O–H groups in total. The molecule has 0 spiro atoms. The lowest BCUT2D eigenvalue weighted by Crippen LogP contribution is -2.18. The molecule has 0 amide bonds. The van der Waals surface area contributed by atoms with E-state index in [9.17, 15) is 4.79 Å². The van der Waals surface area contributed by atoms with Gasteiger partial charge in [-0.25, -0.2) is 4.68 Å². The van der Waals surface area contributed by atoms with Crippen molar-refractivity contribution in [1.82, 2.24) is 9.78 Å². The van der Waals surface area contributed by atoms with Crippen molar-refractivity contribution >= 4 is 26.7 Å². The van der Waals surface area contributed by atoms with E-state index in [4.69, 9.17) is 4.74 Å². The minimum atomic E-state index is -0.115. The van der Waals surface area contributed by atoms with Gasteiger partial charge in [-0.1, -0.05) is 0 Å². The smallest absolute Gasteiger partial charge is 0.274 e. The normalized spacial score (nSPS) is 10.6. The molecule has 0 saturated heterocycles. The van der Waals surface area contributed by atoms with Crippen molar-refractivity contribution in [2.24, 2.45) is 7.05 Å². The number of aromatic nitrogens is 2.